The summed E-state index contributed by atoms with van der Waals surface area (Å²) in [7, 11) is 2.99. The van der Waals surface area contributed by atoms with Gasteiger partial charge in [0.2, 0.25) is 0 Å². The first-order valence-corrected chi connectivity index (χ1v) is 6.76. The van der Waals surface area contributed by atoms with E-state index in [9.17, 15) is 9.59 Å². The van der Waals surface area contributed by atoms with Gasteiger partial charge in [0, 0.05) is 13.2 Å². The Morgan fingerprint density at radius 2 is 2.18 bits per heavy atom. The minimum Gasteiger partial charge on any atom is -0.495 e. The molecule has 0 saturated carbocycles. The summed E-state index contributed by atoms with van der Waals surface area (Å²) in [5.41, 5.74) is 0.290. The Bertz CT molecular complexity index is 784. The van der Waals surface area contributed by atoms with Crippen LogP contribution in [-0.2, 0) is 0 Å². The van der Waals surface area contributed by atoms with Crippen molar-refractivity contribution in [1.29, 1.82) is 0 Å². The molecule has 0 saturated heterocycles. The number of hydrogen-bond acceptors (Lipinski definition) is 4. The normalized spacial score (nSPS) is 10.7. The smallest absolute Gasteiger partial charge is 0.263 e. The molecular weight excluding hydrogens is 306 g/mol. The van der Waals surface area contributed by atoms with E-state index in [0.717, 1.165) is 5.56 Å². The lowest BCUT2D eigenvalue weighted by Gasteiger charge is -2.03. The van der Waals surface area contributed by atoms with Gasteiger partial charge in [-0.05, 0) is 23.8 Å². The number of nitrogens with one attached hydrogen (secondary N) is 2. The molecule has 0 bridgehead atoms. The molecule has 7 heteroatoms. The topological polar surface area (TPSA) is 84.1 Å². The van der Waals surface area contributed by atoms with E-state index in [0.29, 0.717) is 16.6 Å². The van der Waals surface area contributed by atoms with Crippen molar-refractivity contribution in [3.8, 4) is 5.75 Å². The number of benzene rings is 1. The van der Waals surface area contributed by atoms with Crippen molar-refractivity contribution in [3.05, 3.63) is 56.7 Å². The fourth-order valence-corrected chi connectivity index (χ4v) is 2.02. The van der Waals surface area contributed by atoms with Gasteiger partial charge >= 0.3 is 0 Å². The van der Waals surface area contributed by atoms with E-state index in [1.807, 2.05) is 6.07 Å². The second kappa shape index (κ2) is 6.91. The first kappa shape index (κ1) is 15.8. The van der Waals surface area contributed by atoms with Crippen LogP contribution in [0.3, 0.4) is 0 Å². The molecule has 6 nitrogen and oxygen atoms in total. The molecular formula is C15H14ClN3O3. The molecule has 0 aliphatic carbocycles. The van der Waals surface area contributed by atoms with Gasteiger partial charge < -0.3 is 15.0 Å². The van der Waals surface area contributed by atoms with E-state index in [1.54, 1.807) is 31.4 Å². The quantitative estimate of drug-likeness (QED) is 0.902. The van der Waals surface area contributed by atoms with Gasteiger partial charge in [0.25, 0.3) is 11.5 Å². The Hall–Kier alpha value is -2.60. The maximum absolute atomic E-state index is 11.8. The molecule has 0 atom stereocenters. The molecule has 1 aromatic carbocycles. The summed E-state index contributed by atoms with van der Waals surface area (Å²) in [6.45, 7) is 0. The fraction of sp³-hybridized carbons (Fsp3) is 0.133. The van der Waals surface area contributed by atoms with Crippen molar-refractivity contribution < 1.29 is 9.53 Å². The molecule has 2 rings (SSSR count). The maximum Gasteiger partial charge on any atom is 0.263 e. The monoisotopic (exact) mass is 319 g/mol. The van der Waals surface area contributed by atoms with Crippen LogP contribution in [0.5, 0.6) is 5.75 Å². The zero-order chi connectivity index (χ0) is 16.1. The van der Waals surface area contributed by atoms with E-state index < -0.39 is 11.5 Å². The summed E-state index contributed by atoms with van der Waals surface area (Å²) in [4.78, 5) is 29.7. The van der Waals surface area contributed by atoms with Crippen molar-refractivity contribution in [2.24, 2.45) is 0 Å². The Balaban J connectivity index is 2.23. The molecule has 22 heavy (non-hydrogen) atoms. The fourth-order valence-electron chi connectivity index (χ4n) is 1.75. The van der Waals surface area contributed by atoms with Gasteiger partial charge in [0.15, 0.2) is 0 Å². The van der Waals surface area contributed by atoms with E-state index >= 15 is 0 Å². The van der Waals surface area contributed by atoms with Gasteiger partial charge in [0.1, 0.15) is 17.1 Å². The SMILES string of the molecule is CNC(=O)c1cnc(/C=C/c2ccc(OC)c(Cl)c2)[nH]c1=O. The number of rotatable bonds is 4. The van der Waals surface area contributed by atoms with Gasteiger partial charge in [-0.3, -0.25) is 9.59 Å². The third-order valence-electron chi connectivity index (χ3n) is 2.90. The highest BCUT2D eigenvalue weighted by molar-refractivity contribution is 6.32. The molecule has 114 valence electrons. The predicted molar refractivity (Wildman–Crippen MR) is 85.2 cm³/mol. The zero-order valence-corrected chi connectivity index (χ0v) is 12.8. The molecule has 1 heterocycles. The van der Waals surface area contributed by atoms with Crippen LogP contribution in [0.25, 0.3) is 12.2 Å². The average molecular weight is 320 g/mol. The highest BCUT2D eigenvalue weighted by Gasteiger charge is 2.08. The van der Waals surface area contributed by atoms with Crippen molar-refractivity contribution in [3.63, 3.8) is 0 Å². The summed E-state index contributed by atoms with van der Waals surface area (Å²) in [5.74, 6) is 0.441. The summed E-state index contributed by atoms with van der Waals surface area (Å²) in [5, 5.41) is 2.86. The van der Waals surface area contributed by atoms with Crippen molar-refractivity contribution in [2.75, 3.05) is 14.2 Å². The summed E-state index contributed by atoms with van der Waals surface area (Å²) >= 11 is 6.03. The minimum atomic E-state index is -0.498. The summed E-state index contributed by atoms with van der Waals surface area (Å²) in [6, 6.07) is 5.29. The number of methoxy groups -OCH3 is 1. The molecule has 1 aromatic heterocycles. The number of aromatic nitrogens is 2. The number of carbonyl (C=O) groups is 1. The number of halogens is 1. The zero-order valence-electron chi connectivity index (χ0n) is 12.0. The van der Waals surface area contributed by atoms with Crippen LogP contribution in [0.15, 0.2) is 29.2 Å². The summed E-state index contributed by atoms with van der Waals surface area (Å²) < 4.78 is 5.07. The average Bonchev–Trinajstić information content (AvgIpc) is 2.52. The Morgan fingerprint density at radius 1 is 1.41 bits per heavy atom. The standard InChI is InChI=1S/C15H14ClN3O3/c1-17-14(20)10-8-18-13(19-15(10)21)6-4-9-3-5-12(22-2)11(16)7-9/h3-8H,1-2H3,(H,17,20)(H,18,19,21)/b6-4+. The highest BCUT2D eigenvalue weighted by Crippen LogP contribution is 2.25. The third-order valence-corrected chi connectivity index (χ3v) is 3.20. The van der Waals surface area contributed by atoms with Crippen LogP contribution in [-0.4, -0.2) is 30.0 Å². The summed E-state index contributed by atoms with van der Waals surface area (Å²) in [6.07, 6.45) is 4.59. The van der Waals surface area contributed by atoms with E-state index in [2.05, 4.69) is 15.3 Å². The van der Waals surface area contributed by atoms with E-state index in [-0.39, 0.29) is 5.56 Å². The molecule has 1 amide bonds. The first-order valence-electron chi connectivity index (χ1n) is 6.38. The number of hydrogen-bond donors (Lipinski definition) is 2. The van der Waals surface area contributed by atoms with Crippen LogP contribution in [0.4, 0.5) is 0 Å². The second-order valence-corrected chi connectivity index (χ2v) is 4.72. The number of aromatic amines is 1. The van der Waals surface area contributed by atoms with E-state index in [1.165, 1.54) is 13.2 Å². The van der Waals surface area contributed by atoms with Crippen LogP contribution in [0.2, 0.25) is 5.02 Å². The van der Waals surface area contributed by atoms with Gasteiger partial charge in [-0.2, -0.15) is 0 Å². The van der Waals surface area contributed by atoms with Crippen molar-refractivity contribution in [2.45, 2.75) is 0 Å². The Morgan fingerprint density at radius 3 is 2.77 bits per heavy atom. The lowest BCUT2D eigenvalue weighted by Crippen LogP contribution is -2.27. The van der Waals surface area contributed by atoms with Crippen molar-refractivity contribution in [1.82, 2.24) is 15.3 Å². The molecule has 0 radical (unpaired) electrons. The lowest BCUT2D eigenvalue weighted by atomic mass is 10.2. The number of amides is 1. The predicted octanol–water partition coefficient (Wildman–Crippen LogP) is 1.96. The molecule has 0 unspecified atom stereocenters. The van der Waals surface area contributed by atoms with Crippen LogP contribution in [0, 0.1) is 0 Å². The molecule has 0 aliphatic rings. The van der Waals surface area contributed by atoms with E-state index in [4.69, 9.17) is 16.3 Å². The first-order chi connectivity index (χ1) is 10.5. The largest absolute Gasteiger partial charge is 0.495 e. The third kappa shape index (κ3) is 3.53. The molecule has 0 spiro atoms. The lowest BCUT2D eigenvalue weighted by molar-refractivity contribution is 0.0961. The Labute approximate surface area is 131 Å². The van der Waals surface area contributed by atoms with Crippen LogP contribution >= 0.6 is 11.6 Å². The van der Waals surface area contributed by atoms with Gasteiger partial charge in [-0.25, -0.2) is 4.98 Å². The van der Waals surface area contributed by atoms with Crippen LogP contribution in [0.1, 0.15) is 21.7 Å². The van der Waals surface area contributed by atoms with Gasteiger partial charge in [-0.15, -0.1) is 0 Å². The molecule has 2 aromatic rings. The number of H-pyrrole nitrogens is 1. The second-order valence-electron chi connectivity index (χ2n) is 4.32. The molecule has 2 N–H and O–H groups in total. The molecule has 0 fully saturated rings. The van der Waals surface area contributed by atoms with Crippen LogP contribution < -0.4 is 15.6 Å². The number of carbonyl (C=O) groups excluding carboxylic acids is 1. The minimum absolute atomic E-state index is 0.0351. The van der Waals surface area contributed by atoms with Gasteiger partial charge in [0.05, 0.1) is 12.1 Å². The number of nitrogens with zero attached hydrogens (tertiary/aromatic N) is 1. The maximum atomic E-state index is 11.8. The molecule has 0 aliphatic heterocycles. The van der Waals surface area contributed by atoms with Gasteiger partial charge in [-0.1, -0.05) is 23.7 Å². The Kier molecular flexibility index (Phi) is 4.95. The number of ether oxygens (including phenoxy) is 1. The highest BCUT2D eigenvalue weighted by atomic mass is 35.5. The van der Waals surface area contributed by atoms with Crippen molar-refractivity contribution >= 4 is 29.7 Å².